The van der Waals surface area contributed by atoms with Crippen LogP contribution in [0.2, 0.25) is 0 Å². The number of carbonyl (C=O) groups is 1. The third kappa shape index (κ3) is 3.19. The fourth-order valence-corrected chi connectivity index (χ4v) is 3.09. The van der Waals surface area contributed by atoms with Crippen molar-refractivity contribution in [2.24, 2.45) is 17.6 Å². The van der Waals surface area contributed by atoms with Crippen LogP contribution in [0.15, 0.2) is 0 Å². The number of hydrogen-bond acceptors (Lipinski definition) is 3. The zero-order valence-corrected chi connectivity index (χ0v) is 10.6. The summed E-state index contributed by atoms with van der Waals surface area (Å²) in [6.07, 6.45) is 5.53. The third-order valence-corrected chi connectivity index (χ3v) is 4.18. The minimum atomic E-state index is -0.133. The second kappa shape index (κ2) is 5.36. The van der Waals surface area contributed by atoms with E-state index in [1.807, 2.05) is 11.9 Å². The van der Waals surface area contributed by atoms with E-state index in [9.17, 15) is 9.90 Å². The second-order valence-electron chi connectivity index (χ2n) is 5.83. The molecule has 0 saturated heterocycles. The van der Waals surface area contributed by atoms with Crippen LogP contribution in [-0.2, 0) is 4.79 Å². The van der Waals surface area contributed by atoms with Gasteiger partial charge in [-0.15, -0.1) is 0 Å². The Labute approximate surface area is 103 Å². The van der Waals surface area contributed by atoms with Crippen molar-refractivity contribution in [3.05, 3.63) is 0 Å². The molecule has 2 aliphatic carbocycles. The SMILES string of the molecule is CN(CC1CC(O)C1)C(=O)C1CCCC(N)C1. The van der Waals surface area contributed by atoms with Crippen molar-refractivity contribution in [2.75, 3.05) is 13.6 Å². The van der Waals surface area contributed by atoms with Crippen molar-refractivity contribution >= 4 is 5.91 Å². The number of carbonyl (C=O) groups excluding carboxylic acids is 1. The molecule has 0 aromatic rings. The number of aliphatic hydroxyl groups excluding tert-OH is 1. The van der Waals surface area contributed by atoms with E-state index >= 15 is 0 Å². The second-order valence-corrected chi connectivity index (χ2v) is 5.83. The number of nitrogens with two attached hydrogens (primary N) is 1. The average molecular weight is 240 g/mol. The van der Waals surface area contributed by atoms with Crippen molar-refractivity contribution < 1.29 is 9.90 Å². The van der Waals surface area contributed by atoms with E-state index in [4.69, 9.17) is 5.73 Å². The van der Waals surface area contributed by atoms with Gasteiger partial charge in [-0.3, -0.25) is 4.79 Å². The molecular formula is C13H24N2O2. The van der Waals surface area contributed by atoms with Crippen molar-refractivity contribution in [2.45, 2.75) is 50.7 Å². The molecule has 0 spiro atoms. The van der Waals surface area contributed by atoms with Gasteiger partial charge in [0.25, 0.3) is 0 Å². The van der Waals surface area contributed by atoms with Crippen molar-refractivity contribution in [3.8, 4) is 0 Å². The zero-order chi connectivity index (χ0) is 12.4. The number of amides is 1. The number of rotatable bonds is 3. The Morgan fingerprint density at radius 3 is 2.65 bits per heavy atom. The predicted molar refractivity (Wildman–Crippen MR) is 66.3 cm³/mol. The first-order valence-electron chi connectivity index (χ1n) is 6.75. The molecule has 2 fully saturated rings. The van der Waals surface area contributed by atoms with Gasteiger partial charge in [-0.2, -0.15) is 0 Å². The predicted octanol–water partition coefficient (Wildman–Crippen LogP) is 0.733. The molecule has 2 aliphatic rings. The van der Waals surface area contributed by atoms with Crippen molar-refractivity contribution in [3.63, 3.8) is 0 Å². The summed E-state index contributed by atoms with van der Waals surface area (Å²) in [6, 6.07) is 0.205. The summed E-state index contributed by atoms with van der Waals surface area (Å²) < 4.78 is 0. The van der Waals surface area contributed by atoms with Gasteiger partial charge < -0.3 is 15.7 Å². The maximum Gasteiger partial charge on any atom is 0.225 e. The molecule has 4 nitrogen and oxygen atoms in total. The minimum absolute atomic E-state index is 0.133. The first kappa shape index (κ1) is 12.8. The maximum absolute atomic E-state index is 12.2. The maximum atomic E-state index is 12.2. The Kier molecular flexibility index (Phi) is 4.05. The molecule has 2 atom stereocenters. The lowest BCUT2D eigenvalue weighted by atomic mass is 9.81. The molecule has 0 radical (unpaired) electrons. The molecule has 17 heavy (non-hydrogen) atoms. The Bertz CT molecular complexity index is 277. The van der Waals surface area contributed by atoms with Crippen molar-refractivity contribution in [1.29, 1.82) is 0 Å². The van der Waals surface area contributed by atoms with E-state index < -0.39 is 0 Å². The van der Waals surface area contributed by atoms with Gasteiger partial charge in [-0.1, -0.05) is 6.42 Å². The number of hydrogen-bond donors (Lipinski definition) is 2. The summed E-state index contributed by atoms with van der Waals surface area (Å²) in [5.74, 6) is 0.881. The largest absolute Gasteiger partial charge is 0.393 e. The summed E-state index contributed by atoms with van der Waals surface area (Å²) >= 11 is 0. The van der Waals surface area contributed by atoms with Crippen LogP contribution >= 0.6 is 0 Å². The Morgan fingerprint density at radius 1 is 1.35 bits per heavy atom. The number of aliphatic hydroxyl groups is 1. The van der Waals surface area contributed by atoms with Crippen LogP contribution in [0.25, 0.3) is 0 Å². The third-order valence-electron chi connectivity index (χ3n) is 4.18. The zero-order valence-electron chi connectivity index (χ0n) is 10.6. The van der Waals surface area contributed by atoms with Crippen LogP contribution in [0.1, 0.15) is 38.5 Å². The fraction of sp³-hybridized carbons (Fsp3) is 0.923. The fourth-order valence-electron chi connectivity index (χ4n) is 3.09. The van der Waals surface area contributed by atoms with E-state index in [1.54, 1.807) is 0 Å². The average Bonchev–Trinajstić information content (AvgIpc) is 2.26. The molecule has 3 N–H and O–H groups in total. The van der Waals surface area contributed by atoms with Gasteiger partial charge in [-0.25, -0.2) is 0 Å². The van der Waals surface area contributed by atoms with Gasteiger partial charge in [0.05, 0.1) is 6.10 Å². The topological polar surface area (TPSA) is 66.6 Å². The van der Waals surface area contributed by atoms with E-state index in [1.165, 1.54) is 0 Å². The Hall–Kier alpha value is -0.610. The van der Waals surface area contributed by atoms with E-state index in [-0.39, 0.29) is 24.0 Å². The summed E-state index contributed by atoms with van der Waals surface area (Å²) in [6.45, 7) is 0.793. The lowest BCUT2D eigenvalue weighted by molar-refractivity contribution is -0.137. The van der Waals surface area contributed by atoms with Gasteiger partial charge in [0.15, 0.2) is 0 Å². The van der Waals surface area contributed by atoms with Gasteiger partial charge in [0.2, 0.25) is 5.91 Å². The smallest absolute Gasteiger partial charge is 0.225 e. The van der Waals surface area contributed by atoms with Gasteiger partial charge in [0, 0.05) is 25.6 Å². The van der Waals surface area contributed by atoms with E-state index in [0.29, 0.717) is 5.92 Å². The molecule has 0 aromatic heterocycles. The Morgan fingerprint density at radius 2 is 2.06 bits per heavy atom. The van der Waals surface area contributed by atoms with E-state index in [2.05, 4.69) is 0 Å². The molecule has 0 bridgehead atoms. The first-order valence-corrected chi connectivity index (χ1v) is 6.75. The highest BCUT2D eigenvalue weighted by Gasteiger charge is 2.32. The molecule has 2 unspecified atom stereocenters. The molecule has 1 amide bonds. The lowest BCUT2D eigenvalue weighted by Crippen LogP contribution is -2.43. The standard InChI is InChI=1S/C13H24N2O2/c1-15(8-9-5-12(16)6-9)13(17)10-3-2-4-11(14)7-10/h9-12,16H,2-8,14H2,1H3. The van der Waals surface area contributed by atoms with Crippen LogP contribution < -0.4 is 5.73 Å². The summed E-state index contributed by atoms with van der Waals surface area (Å²) in [4.78, 5) is 14.1. The van der Waals surface area contributed by atoms with Gasteiger partial charge in [-0.05, 0) is 38.0 Å². The summed E-state index contributed by atoms with van der Waals surface area (Å²) in [7, 11) is 1.88. The highest BCUT2D eigenvalue weighted by Crippen LogP contribution is 2.29. The lowest BCUT2D eigenvalue weighted by Gasteiger charge is -2.36. The molecule has 2 saturated carbocycles. The summed E-state index contributed by atoms with van der Waals surface area (Å²) in [5, 5.41) is 9.23. The Balaban J connectivity index is 1.77. The molecule has 0 heterocycles. The van der Waals surface area contributed by atoms with Crippen LogP contribution in [0.4, 0.5) is 0 Å². The monoisotopic (exact) mass is 240 g/mol. The molecule has 2 rings (SSSR count). The highest BCUT2D eigenvalue weighted by molar-refractivity contribution is 5.78. The minimum Gasteiger partial charge on any atom is -0.393 e. The molecular weight excluding hydrogens is 216 g/mol. The molecule has 0 aliphatic heterocycles. The quantitative estimate of drug-likeness (QED) is 0.764. The van der Waals surface area contributed by atoms with Crippen LogP contribution in [0.5, 0.6) is 0 Å². The van der Waals surface area contributed by atoms with Crippen LogP contribution in [0, 0.1) is 11.8 Å². The summed E-state index contributed by atoms with van der Waals surface area (Å²) in [5.41, 5.74) is 5.92. The van der Waals surface area contributed by atoms with Crippen LogP contribution in [0.3, 0.4) is 0 Å². The van der Waals surface area contributed by atoms with E-state index in [0.717, 1.165) is 45.1 Å². The van der Waals surface area contributed by atoms with Crippen molar-refractivity contribution in [1.82, 2.24) is 4.90 Å². The molecule has 4 heteroatoms. The first-order chi connectivity index (χ1) is 8.06. The van der Waals surface area contributed by atoms with Crippen LogP contribution in [-0.4, -0.2) is 41.7 Å². The molecule has 98 valence electrons. The van der Waals surface area contributed by atoms with Gasteiger partial charge >= 0.3 is 0 Å². The molecule has 0 aromatic carbocycles. The highest BCUT2D eigenvalue weighted by atomic mass is 16.3. The number of nitrogens with zero attached hydrogens (tertiary/aromatic N) is 1. The van der Waals surface area contributed by atoms with Gasteiger partial charge in [0.1, 0.15) is 0 Å². The normalized spacial score (nSPS) is 37.4.